The van der Waals surface area contributed by atoms with E-state index in [-0.39, 0.29) is 82.1 Å². The predicted octanol–water partition coefficient (Wildman–Crippen LogP) is -1.63. The number of ether oxygens (including phenoxy) is 4. The van der Waals surface area contributed by atoms with Crippen molar-refractivity contribution in [3.05, 3.63) is 11.6 Å². The van der Waals surface area contributed by atoms with Gasteiger partial charge in [-0.2, -0.15) is 0 Å². The van der Waals surface area contributed by atoms with E-state index in [0.717, 1.165) is 12.8 Å². The van der Waals surface area contributed by atoms with Gasteiger partial charge in [-0.3, -0.25) is 0 Å². The van der Waals surface area contributed by atoms with Crippen LogP contribution < -0.4 is 34.7 Å². The van der Waals surface area contributed by atoms with E-state index in [2.05, 4.69) is 26.8 Å². The van der Waals surface area contributed by atoms with Crippen LogP contribution in [0.25, 0.3) is 0 Å². The van der Waals surface area contributed by atoms with E-state index in [1.807, 2.05) is 0 Å². The van der Waals surface area contributed by atoms with E-state index in [4.69, 9.17) is 18.9 Å². The summed E-state index contributed by atoms with van der Waals surface area (Å²) >= 11 is 1.30. The summed E-state index contributed by atoms with van der Waals surface area (Å²) in [5, 5.41) is 10.7. The molecule has 0 N–H and O–H groups in total. The Bertz CT molecular complexity index is 751. The number of aliphatic carboxylic acids is 1. The number of amides is 1. The van der Waals surface area contributed by atoms with E-state index in [1.54, 1.807) is 12.0 Å². The molecule has 0 aromatic carbocycles. The quantitative estimate of drug-likeness (QED) is 0.233. The van der Waals surface area contributed by atoms with Gasteiger partial charge >= 0.3 is 35.7 Å². The molecule has 174 valence electrons. The SMILES string of the molecule is CO[C@@H]1[C@H](OC(=O)N2CC(SCC(=O)[O-])C2)CC[C@]2(CO2)[C@H]1[C@@]1(C)O[C@@H]1CC=C(C)C.[Na+]. The Hall–Kier alpha value is -0.290. The molecule has 1 aliphatic carbocycles. The van der Waals surface area contributed by atoms with Crippen molar-refractivity contribution >= 4 is 23.8 Å². The number of allylic oxidation sites excluding steroid dienone is 1. The number of thioether (sulfide) groups is 1. The number of carbonyl (C=O) groups is 2. The van der Waals surface area contributed by atoms with Crippen molar-refractivity contribution in [2.24, 2.45) is 5.92 Å². The first kappa shape index (κ1) is 26.3. The van der Waals surface area contributed by atoms with Crippen molar-refractivity contribution in [3.8, 4) is 0 Å². The molecule has 1 saturated carbocycles. The van der Waals surface area contributed by atoms with Crippen LogP contribution in [0.5, 0.6) is 0 Å². The van der Waals surface area contributed by atoms with Crippen molar-refractivity contribution in [1.82, 2.24) is 4.90 Å². The summed E-state index contributed by atoms with van der Waals surface area (Å²) in [5.74, 6) is -1.15. The molecule has 0 aromatic rings. The van der Waals surface area contributed by atoms with E-state index >= 15 is 0 Å². The van der Waals surface area contributed by atoms with Crippen LogP contribution in [0.1, 0.15) is 40.0 Å². The van der Waals surface area contributed by atoms with Gasteiger partial charge in [0.1, 0.15) is 23.4 Å². The van der Waals surface area contributed by atoms with E-state index in [1.165, 1.54) is 17.3 Å². The Kier molecular flexibility index (Phi) is 8.34. The van der Waals surface area contributed by atoms with Crippen LogP contribution in [-0.4, -0.2) is 84.3 Å². The Morgan fingerprint density at radius 2 is 2.00 bits per heavy atom. The molecule has 4 aliphatic rings. The fourth-order valence-corrected chi connectivity index (χ4v) is 6.10. The smallest absolute Gasteiger partial charge is 0.549 e. The van der Waals surface area contributed by atoms with E-state index < -0.39 is 5.97 Å². The van der Waals surface area contributed by atoms with Gasteiger partial charge in [-0.15, -0.1) is 11.8 Å². The number of likely N-dealkylation sites (tertiary alicyclic amines) is 1. The Labute approximate surface area is 216 Å². The average molecular weight is 478 g/mol. The van der Waals surface area contributed by atoms with Crippen LogP contribution in [0.2, 0.25) is 0 Å². The van der Waals surface area contributed by atoms with Crippen molar-refractivity contribution in [2.45, 2.75) is 74.8 Å². The maximum Gasteiger partial charge on any atom is 1.00 e. The number of carbonyl (C=O) groups excluding carboxylic acids is 2. The molecule has 3 saturated heterocycles. The fraction of sp³-hybridized carbons (Fsp3) is 0.818. The summed E-state index contributed by atoms with van der Waals surface area (Å²) in [6.07, 6.45) is 3.62. The molecule has 6 atom stereocenters. The summed E-state index contributed by atoms with van der Waals surface area (Å²) in [7, 11) is 1.66. The van der Waals surface area contributed by atoms with Crippen molar-refractivity contribution in [3.63, 3.8) is 0 Å². The third kappa shape index (κ3) is 5.34. The molecule has 0 radical (unpaired) electrons. The summed E-state index contributed by atoms with van der Waals surface area (Å²) in [6, 6.07) is 0. The summed E-state index contributed by atoms with van der Waals surface area (Å²) in [5.41, 5.74) is 0.651. The molecule has 8 nitrogen and oxygen atoms in total. The monoisotopic (exact) mass is 477 g/mol. The van der Waals surface area contributed by atoms with Crippen LogP contribution in [-0.2, 0) is 23.7 Å². The normalized spacial score (nSPS) is 37.8. The molecule has 10 heteroatoms. The molecule has 3 heterocycles. The molecule has 3 aliphatic heterocycles. The van der Waals surface area contributed by atoms with Gasteiger partial charge in [0, 0.05) is 31.2 Å². The largest absolute Gasteiger partial charge is 1.00 e. The molecule has 4 rings (SSSR count). The first-order chi connectivity index (χ1) is 14.7. The topological polar surface area (TPSA) is 104 Å². The van der Waals surface area contributed by atoms with Crippen molar-refractivity contribution in [2.75, 3.05) is 32.6 Å². The molecule has 0 unspecified atom stereocenters. The van der Waals surface area contributed by atoms with E-state index in [9.17, 15) is 14.7 Å². The molecule has 1 spiro atoms. The maximum absolute atomic E-state index is 12.7. The zero-order valence-corrected chi connectivity index (χ0v) is 22.4. The Balaban J connectivity index is 0.00000289. The van der Waals surface area contributed by atoms with Gasteiger partial charge in [-0.05, 0) is 40.0 Å². The zero-order valence-electron chi connectivity index (χ0n) is 19.6. The Morgan fingerprint density at radius 3 is 2.56 bits per heavy atom. The second-order valence-corrected chi connectivity index (χ2v) is 10.8. The van der Waals surface area contributed by atoms with Crippen LogP contribution in [0, 0.1) is 5.92 Å². The molecule has 0 bridgehead atoms. The van der Waals surface area contributed by atoms with Crippen LogP contribution in [0.3, 0.4) is 0 Å². The summed E-state index contributed by atoms with van der Waals surface area (Å²) < 4.78 is 23.9. The van der Waals surface area contributed by atoms with Gasteiger partial charge in [-0.25, -0.2) is 4.79 Å². The molecule has 1 amide bonds. The number of carboxylic acids is 1. The molecular weight excluding hydrogens is 445 g/mol. The minimum Gasteiger partial charge on any atom is -0.549 e. The minimum atomic E-state index is -1.09. The number of methoxy groups -OCH3 is 1. The maximum atomic E-state index is 12.7. The van der Waals surface area contributed by atoms with Gasteiger partial charge in [0.05, 0.1) is 24.6 Å². The van der Waals surface area contributed by atoms with Crippen molar-refractivity contribution in [1.29, 1.82) is 0 Å². The third-order valence-electron chi connectivity index (χ3n) is 7.03. The second-order valence-electron chi connectivity index (χ2n) is 9.51. The fourth-order valence-electron chi connectivity index (χ4n) is 5.15. The van der Waals surface area contributed by atoms with Gasteiger partial charge < -0.3 is 33.7 Å². The summed E-state index contributed by atoms with van der Waals surface area (Å²) in [6.45, 7) is 7.95. The molecule has 4 fully saturated rings. The van der Waals surface area contributed by atoms with Gasteiger partial charge in [0.25, 0.3) is 0 Å². The van der Waals surface area contributed by atoms with Crippen molar-refractivity contribution < 1.29 is 63.2 Å². The number of nitrogens with zero attached hydrogens (tertiary/aromatic N) is 1. The number of carboxylic acid groups (broad SMARTS) is 1. The number of rotatable bonds is 8. The predicted molar refractivity (Wildman–Crippen MR) is 113 cm³/mol. The second kappa shape index (κ2) is 10.1. The van der Waals surface area contributed by atoms with Gasteiger partial charge in [0.15, 0.2) is 0 Å². The molecule has 0 aromatic heterocycles. The number of epoxide rings is 2. The number of hydrogen-bond donors (Lipinski definition) is 0. The van der Waals surface area contributed by atoms with Gasteiger partial charge in [0.2, 0.25) is 0 Å². The Morgan fingerprint density at radius 1 is 1.31 bits per heavy atom. The minimum absolute atomic E-state index is 0. The zero-order chi connectivity index (χ0) is 22.4. The van der Waals surface area contributed by atoms with Gasteiger partial charge in [-0.1, -0.05) is 11.6 Å². The van der Waals surface area contributed by atoms with Crippen LogP contribution >= 0.6 is 11.8 Å². The summed E-state index contributed by atoms with van der Waals surface area (Å²) in [4.78, 5) is 24.9. The molecular formula is C22H32NNaO7S. The standard InChI is InChI=1S/C22H33NO7S.Na/c1-13(2)5-6-16-21(3,30-16)19-18(27-4)15(7-8-22(19)12-28-22)29-20(26)23-9-14(10-23)31-11-17(24)25;/h5,14-16,18-19H,6-12H2,1-4H3,(H,24,25);/q;+1/p-1/t15-,16-,18-,19-,21+,22+;/m1./s1. The average Bonchev–Trinajstić information content (AvgIpc) is 3.57. The third-order valence-corrected chi connectivity index (χ3v) is 8.20. The molecule has 32 heavy (non-hydrogen) atoms. The van der Waals surface area contributed by atoms with Crippen LogP contribution in [0.4, 0.5) is 4.79 Å². The first-order valence-electron chi connectivity index (χ1n) is 10.9. The number of hydrogen-bond acceptors (Lipinski definition) is 8. The first-order valence-corrected chi connectivity index (χ1v) is 12.0. The van der Waals surface area contributed by atoms with E-state index in [0.29, 0.717) is 26.1 Å². The van der Waals surface area contributed by atoms with Crippen LogP contribution in [0.15, 0.2) is 11.6 Å².